The average Bonchev–Trinajstić information content (AvgIpc) is 0.699. The van der Waals surface area contributed by atoms with E-state index in [2.05, 4.69) is 359 Å². The highest BCUT2D eigenvalue weighted by Gasteiger charge is 2.46. The van der Waals surface area contributed by atoms with E-state index in [-0.39, 0.29) is 13.4 Å². The van der Waals surface area contributed by atoms with Gasteiger partial charge in [0.15, 0.2) is 0 Å². The summed E-state index contributed by atoms with van der Waals surface area (Å²) in [6.07, 6.45) is 0. The Morgan fingerprint density at radius 3 is 1.17 bits per heavy atom. The molecule has 8 heteroatoms. The highest BCUT2D eigenvalue weighted by Crippen LogP contribution is 2.52. The monoisotopic (exact) mass is 1170 g/mol. The van der Waals surface area contributed by atoms with E-state index in [4.69, 9.17) is 9.47 Å². The minimum absolute atomic E-state index is 0.0687. The standard InChI is InChI=1S/C84H56B2N4O2/c1-7-26-57(27-8-1)59-30-25-39-66(50-59)89-75-55-67(87(62-31-11-3-12-32-62)63-33-13-4-14-34-63)46-48-70(75)85-71-49-47-68(88(64-35-15-5-16-36-64)65-37-17-6-18-38-65)56-76(71)90(74-43-22-19-40-69(74)58-28-9-2-10-29-58)78-52-60(51-77(89)83(78)85)61-53-81-84-82(54-61)92-80-45-24-21-42-73(80)86(84)72-41-20-23-44-79(72)91-81/h1-56H. The maximum absolute atomic E-state index is 7.10. The van der Waals surface area contributed by atoms with Gasteiger partial charge in [-0.05, 0) is 183 Å². The van der Waals surface area contributed by atoms with Crippen molar-refractivity contribution in [2.75, 3.05) is 19.6 Å². The van der Waals surface area contributed by atoms with Crippen LogP contribution in [0.1, 0.15) is 0 Å². The van der Waals surface area contributed by atoms with Crippen LogP contribution in [0.2, 0.25) is 0 Å². The van der Waals surface area contributed by atoms with Crippen molar-refractivity contribution in [2.45, 2.75) is 0 Å². The fourth-order valence-electron chi connectivity index (χ4n) is 14.7. The molecule has 4 aliphatic rings. The highest BCUT2D eigenvalue weighted by molar-refractivity contribution is 7.00. The largest absolute Gasteiger partial charge is 0.458 e. The van der Waals surface area contributed by atoms with Crippen LogP contribution in [-0.4, -0.2) is 13.4 Å². The van der Waals surface area contributed by atoms with Crippen LogP contribution in [0, 0.1) is 0 Å². The van der Waals surface area contributed by atoms with Crippen molar-refractivity contribution in [2.24, 2.45) is 0 Å². The van der Waals surface area contributed by atoms with Crippen LogP contribution in [0.3, 0.4) is 0 Å². The normalized spacial score (nSPS) is 12.7. The van der Waals surface area contributed by atoms with E-state index in [1.807, 2.05) is 0 Å². The van der Waals surface area contributed by atoms with Gasteiger partial charge in [0, 0.05) is 73.6 Å². The molecule has 14 aromatic carbocycles. The minimum Gasteiger partial charge on any atom is -0.458 e. The molecule has 92 heavy (non-hydrogen) atoms. The summed E-state index contributed by atoms with van der Waals surface area (Å²) in [7, 11) is 0. The van der Waals surface area contributed by atoms with Crippen molar-refractivity contribution in [3.8, 4) is 56.4 Å². The first-order valence-corrected chi connectivity index (χ1v) is 31.5. The van der Waals surface area contributed by atoms with Gasteiger partial charge < -0.3 is 29.1 Å². The lowest BCUT2D eigenvalue weighted by Crippen LogP contribution is -2.61. The lowest BCUT2D eigenvalue weighted by atomic mass is 9.33. The molecule has 0 fully saturated rings. The van der Waals surface area contributed by atoms with Crippen LogP contribution in [0.25, 0.3) is 33.4 Å². The molecule has 430 valence electrons. The Kier molecular flexibility index (Phi) is 12.7. The lowest BCUT2D eigenvalue weighted by molar-refractivity contribution is 0.465. The Labute approximate surface area is 536 Å². The van der Waals surface area contributed by atoms with E-state index in [1.165, 1.54) is 16.4 Å². The van der Waals surface area contributed by atoms with Crippen molar-refractivity contribution in [3.63, 3.8) is 0 Å². The molecule has 18 rings (SSSR count). The molecular weight excluding hydrogens is 1120 g/mol. The average molecular weight is 1180 g/mol. The molecule has 0 aromatic heterocycles. The Hall–Kier alpha value is -12.0. The summed E-state index contributed by atoms with van der Waals surface area (Å²) in [5.74, 6) is 3.27. The van der Waals surface area contributed by atoms with Crippen LogP contribution in [0.15, 0.2) is 340 Å². The number of hydrogen-bond donors (Lipinski definition) is 0. The van der Waals surface area contributed by atoms with Gasteiger partial charge in [-0.25, -0.2) is 0 Å². The SMILES string of the molecule is c1ccc(-c2cccc(N3c4cc(N(c5ccccc5)c5ccccc5)ccc4B4c5ccc(N(c6ccccc6)c6ccccc6)cc5N(c5ccccc5-c5ccccc5)c5cc(-c6cc7c8c(c6)Oc6ccccc6B8c6ccccc6O7)cc3c54)c2)cc1. The molecular formula is C84H56B2N4O2. The van der Waals surface area contributed by atoms with Gasteiger partial charge in [-0.15, -0.1) is 0 Å². The molecule has 4 heterocycles. The first kappa shape index (κ1) is 53.1. The molecule has 0 amide bonds. The molecule has 14 aromatic rings. The Bertz CT molecular complexity index is 5000. The minimum atomic E-state index is -0.232. The Balaban J connectivity index is 0.955. The summed E-state index contributed by atoms with van der Waals surface area (Å²) in [6, 6.07) is 123. The van der Waals surface area contributed by atoms with Crippen LogP contribution in [-0.2, 0) is 0 Å². The van der Waals surface area contributed by atoms with Crippen LogP contribution >= 0.6 is 0 Å². The summed E-state index contributed by atoms with van der Waals surface area (Å²) in [5, 5.41) is 0. The predicted octanol–water partition coefficient (Wildman–Crippen LogP) is 18.4. The molecule has 0 saturated heterocycles. The zero-order valence-corrected chi connectivity index (χ0v) is 50.1. The van der Waals surface area contributed by atoms with Crippen molar-refractivity contribution in [1.82, 2.24) is 0 Å². The van der Waals surface area contributed by atoms with Gasteiger partial charge in [0.2, 0.25) is 0 Å². The maximum atomic E-state index is 7.10. The van der Waals surface area contributed by atoms with Gasteiger partial charge in [0.05, 0.1) is 5.69 Å². The number of hydrogen-bond acceptors (Lipinski definition) is 6. The quantitative estimate of drug-likeness (QED) is 0.120. The number of benzene rings is 14. The van der Waals surface area contributed by atoms with E-state index in [9.17, 15) is 0 Å². The molecule has 6 nitrogen and oxygen atoms in total. The second kappa shape index (κ2) is 21.9. The third-order valence-electron chi connectivity index (χ3n) is 18.7. The third kappa shape index (κ3) is 8.82. The molecule has 0 bridgehead atoms. The first-order valence-electron chi connectivity index (χ1n) is 31.5. The van der Waals surface area contributed by atoms with Gasteiger partial charge in [-0.1, -0.05) is 212 Å². The predicted molar refractivity (Wildman–Crippen MR) is 384 cm³/mol. The molecule has 0 aliphatic carbocycles. The van der Waals surface area contributed by atoms with Crippen molar-refractivity contribution < 1.29 is 9.47 Å². The Morgan fingerprint density at radius 1 is 0.228 bits per heavy atom. The van der Waals surface area contributed by atoms with Gasteiger partial charge in [-0.2, -0.15) is 0 Å². The van der Waals surface area contributed by atoms with Crippen LogP contribution in [0.4, 0.5) is 68.2 Å². The van der Waals surface area contributed by atoms with E-state index in [0.717, 1.165) is 141 Å². The summed E-state index contributed by atoms with van der Waals surface area (Å²) in [4.78, 5) is 9.87. The topological polar surface area (TPSA) is 31.4 Å². The summed E-state index contributed by atoms with van der Waals surface area (Å²) < 4.78 is 14.2. The number of fused-ring (bicyclic) bond motifs is 8. The van der Waals surface area contributed by atoms with Gasteiger partial charge in [0.25, 0.3) is 13.4 Å². The first-order chi connectivity index (χ1) is 45.6. The lowest BCUT2D eigenvalue weighted by Gasteiger charge is -2.45. The molecule has 0 spiro atoms. The second-order valence-corrected chi connectivity index (χ2v) is 23.9. The highest BCUT2D eigenvalue weighted by atomic mass is 16.5. The molecule has 0 unspecified atom stereocenters. The van der Waals surface area contributed by atoms with E-state index >= 15 is 0 Å². The molecule has 0 atom stereocenters. The van der Waals surface area contributed by atoms with Gasteiger partial charge >= 0.3 is 0 Å². The fraction of sp³-hybridized carbons (Fsp3) is 0. The molecule has 0 saturated carbocycles. The van der Waals surface area contributed by atoms with Crippen LogP contribution < -0.4 is 61.9 Å². The van der Waals surface area contributed by atoms with Crippen molar-refractivity contribution in [1.29, 1.82) is 0 Å². The molecule has 4 aliphatic heterocycles. The van der Waals surface area contributed by atoms with Gasteiger partial charge in [-0.3, -0.25) is 0 Å². The number of ether oxygens (including phenoxy) is 2. The fourth-order valence-corrected chi connectivity index (χ4v) is 14.7. The third-order valence-corrected chi connectivity index (χ3v) is 18.7. The van der Waals surface area contributed by atoms with Crippen LogP contribution in [0.5, 0.6) is 23.0 Å². The zero-order chi connectivity index (χ0) is 60.6. The number of nitrogens with zero attached hydrogens (tertiary/aromatic N) is 4. The van der Waals surface area contributed by atoms with E-state index in [1.54, 1.807) is 0 Å². The smallest absolute Gasteiger partial charge is 0.260 e. The van der Waals surface area contributed by atoms with Crippen molar-refractivity contribution >= 4 is 114 Å². The van der Waals surface area contributed by atoms with Gasteiger partial charge in [0.1, 0.15) is 23.0 Å². The number of rotatable bonds is 11. The zero-order valence-electron chi connectivity index (χ0n) is 50.1. The number of anilines is 12. The maximum Gasteiger partial charge on any atom is 0.260 e. The Morgan fingerprint density at radius 2 is 0.641 bits per heavy atom. The molecule has 0 radical (unpaired) electrons. The number of para-hydroxylation sites is 7. The van der Waals surface area contributed by atoms with E-state index in [0.29, 0.717) is 0 Å². The van der Waals surface area contributed by atoms with Crippen molar-refractivity contribution in [3.05, 3.63) is 340 Å². The second-order valence-electron chi connectivity index (χ2n) is 23.9. The summed E-state index contributed by atoms with van der Waals surface area (Å²) in [5.41, 5.74) is 26.1. The summed E-state index contributed by atoms with van der Waals surface area (Å²) in [6.45, 7) is -0.300. The van der Waals surface area contributed by atoms with E-state index < -0.39 is 0 Å². The molecule has 0 N–H and O–H groups in total. The summed E-state index contributed by atoms with van der Waals surface area (Å²) >= 11 is 0.